The van der Waals surface area contributed by atoms with Crippen LogP contribution in [-0.2, 0) is 0 Å². The van der Waals surface area contributed by atoms with E-state index in [1.54, 1.807) is 6.07 Å². The molecule has 0 aliphatic heterocycles. The summed E-state index contributed by atoms with van der Waals surface area (Å²) in [4.78, 5) is 15.1. The Bertz CT molecular complexity index is 2260. The first-order chi connectivity index (χ1) is 20.2. The molecule has 0 fully saturated rings. The predicted molar refractivity (Wildman–Crippen MR) is 168 cm³/mol. The van der Waals surface area contributed by atoms with Crippen molar-refractivity contribution in [3.8, 4) is 39.5 Å². The van der Waals surface area contributed by atoms with E-state index in [0.29, 0.717) is 0 Å². The Morgan fingerprint density at radius 1 is 0.415 bits per heavy atom. The standard InChI is InChI=1S/C37H23N3O/c41-33-12-6-10-29-34(33)28-9-4-5-11-32(28)40-35(29)25-15-13-24(14-16-25)31-22-20-27-18-17-26-19-21-30(23-7-2-1-3-8-23)38-36(26)37(27)39-31/h1-22,41H. The van der Waals surface area contributed by atoms with Crippen LogP contribution >= 0.6 is 0 Å². The maximum atomic E-state index is 10.7. The average molecular weight is 526 g/mol. The molecule has 0 aliphatic rings. The summed E-state index contributed by atoms with van der Waals surface area (Å²) < 4.78 is 0. The van der Waals surface area contributed by atoms with Crippen LogP contribution in [0.4, 0.5) is 0 Å². The molecule has 5 aromatic carbocycles. The normalized spacial score (nSPS) is 11.5. The van der Waals surface area contributed by atoms with E-state index >= 15 is 0 Å². The van der Waals surface area contributed by atoms with E-state index in [0.717, 1.165) is 77.3 Å². The zero-order valence-corrected chi connectivity index (χ0v) is 22.0. The lowest BCUT2D eigenvalue weighted by molar-refractivity contribution is 0.482. The highest BCUT2D eigenvalue weighted by atomic mass is 16.3. The van der Waals surface area contributed by atoms with Crippen molar-refractivity contribution in [3.63, 3.8) is 0 Å². The van der Waals surface area contributed by atoms with Crippen molar-refractivity contribution in [2.45, 2.75) is 0 Å². The van der Waals surface area contributed by atoms with Crippen LogP contribution < -0.4 is 0 Å². The van der Waals surface area contributed by atoms with E-state index in [1.165, 1.54) is 0 Å². The fourth-order valence-electron chi connectivity index (χ4n) is 5.70. The first-order valence-corrected chi connectivity index (χ1v) is 13.6. The van der Waals surface area contributed by atoms with Crippen molar-refractivity contribution in [2.75, 3.05) is 0 Å². The number of phenolic OH excluding ortho intramolecular Hbond substituents is 1. The molecule has 0 bridgehead atoms. The second-order valence-corrected chi connectivity index (χ2v) is 10.2. The number of para-hydroxylation sites is 1. The molecule has 0 amide bonds. The lowest BCUT2D eigenvalue weighted by Gasteiger charge is -2.12. The van der Waals surface area contributed by atoms with E-state index < -0.39 is 0 Å². The van der Waals surface area contributed by atoms with Crippen molar-refractivity contribution >= 4 is 43.5 Å². The number of phenols is 1. The fraction of sp³-hybridized carbons (Fsp3) is 0. The van der Waals surface area contributed by atoms with Gasteiger partial charge in [-0.3, -0.25) is 0 Å². The summed E-state index contributed by atoms with van der Waals surface area (Å²) in [6.45, 7) is 0. The summed E-state index contributed by atoms with van der Waals surface area (Å²) in [6, 6.07) is 44.7. The number of hydrogen-bond donors (Lipinski definition) is 1. The topological polar surface area (TPSA) is 58.9 Å². The van der Waals surface area contributed by atoms with Gasteiger partial charge in [-0.1, -0.05) is 109 Å². The van der Waals surface area contributed by atoms with Crippen molar-refractivity contribution in [3.05, 3.63) is 133 Å². The molecule has 41 heavy (non-hydrogen) atoms. The number of aromatic hydroxyl groups is 1. The fourth-order valence-corrected chi connectivity index (χ4v) is 5.70. The molecule has 4 heteroatoms. The smallest absolute Gasteiger partial charge is 0.124 e. The summed E-state index contributed by atoms with van der Waals surface area (Å²) in [6.07, 6.45) is 0. The summed E-state index contributed by atoms with van der Waals surface area (Å²) in [5.74, 6) is 0.260. The number of hydrogen-bond acceptors (Lipinski definition) is 4. The Labute approximate surface area is 236 Å². The average Bonchev–Trinajstić information content (AvgIpc) is 3.04. The lowest BCUT2D eigenvalue weighted by Crippen LogP contribution is -1.92. The third-order valence-electron chi connectivity index (χ3n) is 7.75. The monoisotopic (exact) mass is 525 g/mol. The molecule has 192 valence electrons. The number of benzene rings is 5. The molecule has 0 atom stereocenters. The Morgan fingerprint density at radius 2 is 0.976 bits per heavy atom. The van der Waals surface area contributed by atoms with Gasteiger partial charge in [0.25, 0.3) is 0 Å². The van der Waals surface area contributed by atoms with Crippen LogP contribution in [0.3, 0.4) is 0 Å². The molecule has 8 rings (SSSR count). The Hall–Kier alpha value is -5.61. The highest BCUT2D eigenvalue weighted by Gasteiger charge is 2.14. The van der Waals surface area contributed by atoms with Gasteiger partial charge in [-0.05, 0) is 24.3 Å². The van der Waals surface area contributed by atoms with Crippen LogP contribution in [0.15, 0.2) is 133 Å². The largest absolute Gasteiger partial charge is 0.507 e. The van der Waals surface area contributed by atoms with Crippen LogP contribution in [0.25, 0.3) is 77.3 Å². The zero-order valence-electron chi connectivity index (χ0n) is 22.0. The first-order valence-electron chi connectivity index (χ1n) is 13.6. The molecule has 0 aliphatic carbocycles. The summed E-state index contributed by atoms with van der Waals surface area (Å²) in [7, 11) is 0. The minimum absolute atomic E-state index is 0.260. The quantitative estimate of drug-likeness (QED) is 0.234. The molecule has 4 nitrogen and oxygen atoms in total. The van der Waals surface area contributed by atoms with Gasteiger partial charge in [0.15, 0.2) is 0 Å². The Morgan fingerprint density at radius 3 is 1.68 bits per heavy atom. The van der Waals surface area contributed by atoms with Gasteiger partial charge in [0.1, 0.15) is 5.75 Å². The maximum absolute atomic E-state index is 10.7. The van der Waals surface area contributed by atoms with Gasteiger partial charge < -0.3 is 5.11 Å². The van der Waals surface area contributed by atoms with E-state index in [9.17, 15) is 5.11 Å². The van der Waals surface area contributed by atoms with Crippen LogP contribution in [0.5, 0.6) is 5.75 Å². The second-order valence-electron chi connectivity index (χ2n) is 10.2. The molecule has 3 heterocycles. The van der Waals surface area contributed by atoms with Crippen molar-refractivity contribution < 1.29 is 5.11 Å². The number of aromatic nitrogens is 3. The molecular weight excluding hydrogens is 502 g/mol. The van der Waals surface area contributed by atoms with Crippen LogP contribution in [-0.4, -0.2) is 20.1 Å². The number of fused-ring (bicyclic) bond motifs is 6. The van der Waals surface area contributed by atoms with E-state index in [4.69, 9.17) is 15.0 Å². The van der Waals surface area contributed by atoms with Crippen LogP contribution in [0.2, 0.25) is 0 Å². The highest BCUT2D eigenvalue weighted by molar-refractivity contribution is 6.13. The molecule has 0 radical (unpaired) electrons. The van der Waals surface area contributed by atoms with Gasteiger partial charge in [0, 0.05) is 43.6 Å². The van der Waals surface area contributed by atoms with Gasteiger partial charge in [-0.2, -0.15) is 0 Å². The lowest BCUT2D eigenvalue weighted by atomic mass is 9.98. The number of pyridine rings is 3. The van der Waals surface area contributed by atoms with Gasteiger partial charge >= 0.3 is 0 Å². The molecule has 1 N–H and O–H groups in total. The van der Waals surface area contributed by atoms with Gasteiger partial charge in [0.05, 0.1) is 33.6 Å². The second kappa shape index (κ2) is 9.25. The summed E-state index contributed by atoms with van der Waals surface area (Å²) in [5, 5.41) is 15.5. The maximum Gasteiger partial charge on any atom is 0.124 e. The minimum Gasteiger partial charge on any atom is -0.507 e. The van der Waals surface area contributed by atoms with Gasteiger partial charge in [0.2, 0.25) is 0 Å². The highest BCUT2D eigenvalue weighted by Crippen LogP contribution is 2.37. The summed E-state index contributed by atoms with van der Waals surface area (Å²) >= 11 is 0. The molecule has 8 aromatic rings. The summed E-state index contributed by atoms with van der Waals surface area (Å²) in [5.41, 5.74) is 8.38. The molecule has 0 unspecified atom stereocenters. The first kappa shape index (κ1) is 23.3. The molecule has 0 spiro atoms. The third kappa shape index (κ3) is 3.88. The third-order valence-corrected chi connectivity index (χ3v) is 7.75. The number of nitrogens with zero attached hydrogens (tertiary/aromatic N) is 3. The molecule has 0 saturated heterocycles. The van der Waals surface area contributed by atoms with Crippen molar-refractivity contribution in [1.82, 2.24) is 15.0 Å². The van der Waals surface area contributed by atoms with E-state index in [-0.39, 0.29) is 5.75 Å². The van der Waals surface area contributed by atoms with E-state index in [1.807, 2.05) is 54.6 Å². The Kier molecular flexibility index (Phi) is 5.25. The van der Waals surface area contributed by atoms with Crippen LogP contribution in [0, 0.1) is 0 Å². The van der Waals surface area contributed by atoms with Crippen molar-refractivity contribution in [2.24, 2.45) is 0 Å². The number of rotatable bonds is 3. The molecule has 0 saturated carbocycles. The predicted octanol–water partition coefficient (Wildman–Crippen LogP) is 9.19. The molecule has 3 aromatic heterocycles. The van der Waals surface area contributed by atoms with Gasteiger partial charge in [-0.15, -0.1) is 0 Å². The minimum atomic E-state index is 0.260. The molecular formula is C37H23N3O. The zero-order chi connectivity index (χ0) is 27.3. The van der Waals surface area contributed by atoms with Gasteiger partial charge in [-0.25, -0.2) is 15.0 Å². The van der Waals surface area contributed by atoms with Crippen molar-refractivity contribution in [1.29, 1.82) is 0 Å². The van der Waals surface area contributed by atoms with Crippen LogP contribution in [0.1, 0.15) is 0 Å². The SMILES string of the molecule is Oc1cccc2c(-c3ccc(-c4ccc5ccc6ccc(-c7ccccc7)nc6c5n4)cc3)nc3ccccc3c12. The Balaban J connectivity index is 1.24. The van der Waals surface area contributed by atoms with E-state index in [2.05, 4.69) is 72.8 Å².